The zero-order valence-electron chi connectivity index (χ0n) is 16.3. The highest BCUT2D eigenvalue weighted by atomic mass is 16.6. The lowest BCUT2D eigenvalue weighted by molar-refractivity contribution is -0.0576. The van der Waals surface area contributed by atoms with Crippen molar-refractivity contribution in [3.8, 4) is 0 Å². The van der Waals surface area contributed by atoms with Gasteiger partial charge < -0.3 is 33.3 Å². The quantitative estimate of drug-likeness (QED) is 0.786. The molecule has 154 valence electrons. The monoisotopic (exact) mass is 383 g/mol. The van der Waals surface area contributed by atoms with Crippen LogP contribution in [0.3, 0.4) is 0 Å². The maximum Gasteiger partial charge on any atom is 0.0983 e. The zero-order chi connectivity index (χ0) is 19.0. The van der Waals surface area contributed by atoms with Crippen LogP contribution >= 0.6 is 0 Å². The van der Waals surface area contributed by atoms with Crippen molar-refractivity contribution in [3.05, 3.63) is 30.3 Å². The molecule has 2 rings (SSSR count). The van der Waals surface area contributed by atoms with Crippen LogP contribution in [-0.4, -0.2) is 92.4 Å². The molecule has 1 unspecified atom stereocenters. The van der Waals surface area contributed by atoms with Gasteiger partial charge in [-0.25, -0.2) is 0 Å². The SMILES string of the molecule is CN(CC1COCCOCCOCCOCCOCCO1)c1ccccc1. The number of rotatable bonds is 3. The van der Waals surface area contributed by atoms with Crippen LogP contribution in [0.2, 0.25) is 0 Å². The molecule has 0 saturated carbocycles. The largest absolute Gasteiger partial charge is 0.377 e. The molecule has 0 aliphatic carbocycles. The maximum atomic E-state index is 5.99. The van der Waals surface area contributed by atoms with Gasteiger partial charge in [-0.15, -0.1) is 0 Å². The standard InChI is InChI=1S/C20H33NO6/c1-21(19-5-3-2-4-6-19)17-20-18-26-14-13-24-10-9-22-7-8-23-11-12-25-15-16-27-20/h2-6,20H,7-18H2,1H3. The zero-order valence-corrected chi connectivity index (χ0v) is 16.3. The highest BCUT2D eigenvalue weighted by Crippen LogP contribution is 2.12. The van der Waals surface area contributed by atoms with Crippen molar-refractivity contribution in [3.63, 3.8) is 0 Å². The van der Waals surface area contributed by atoms with E-state index in [2.05, 4.69) is 24.1 Å². The Labute approximate surface area is 162 Å². The molecule has 7 heteroatoms. The van der Waals surface area contributed by atoms with E-state index in [1.807, 2.05) is 18.2 Å². The molecule has 1 atom stereocenters. The molecule has 1 aliphatic rings. The fourth-order valence-corrected chi connectivity index (χ4v) is 2.61. The number of ether oxygens (including phenoxy) is 6. The molecule has 7 nitrogen and oxygen atoms in total. The van der Waals surface area contributed by atoms with E-state index in [1.54, 1.807) is 0 Å². The van der Waals surface area contributed by atoms with Crippen LogP contribution in [0.15, 0.2) is 30.3 Å². The molecule has 1 heterocycles. The minimum absolute atomic E-state index is 0.0442. The predicted octanol–water partition coefficient (Wildman–Crippen LogP) is 1.60. The third kappa shape index (κ3) is 10.6. The van der Waals surface area contributed by atoms with E-state index >= 15 is 0 Å². The average Bonchev–Trinajstić information content (AvgIpc) is 2.70. The number of benzene rings is 1. The summed E-state index contributed by atoms with van der Waals surface area (Å²) in [5, 5.41) is 0. The molecule has 1 aliphatic heterocycles. The summed E-state index contributed by atoms with van der Waals surface area (Å²) in [6.07, 6.45) is -0.0442. The van der Waals surface area contributed by atoms with Crippen LogP contribution in [0.25, 0.3) is 0 Å². The van der Waals surface area contributed by atoms with Gasteiger partial charge in [-0.2, -0.15) is 0 Å². The molecule has 0 amide bonds. The summed E-state index contributed by atoms with van der Waals surface area (Å²) >= 11 is 0. The van der Waals surface area contributed by atoms with Gasteiger partial charge in [0.1, 0.15) is 0 Å². The first-order chi connectivity index (χ1) is 13.4. The fraction of sp³-hybridized carbons (Fsp3) is 0.700. The summed E-state index contributed by atoms with van der Waals surface area (Å²) in [6, 6.07) is 10.2. The van der Waals surface area contributed by atoms with Crippen LogP contribution in [0.5, 0.6) is 0 Å². The molecule has 1 saturated heterocycles. The van der Waals surface area contributed by atoms with Crippen LogP contribution < -0.4 is 4.90 Å². The van der Waals surface area contributed by atoms with Gasteiger partial charge in [0.2, 0.25) is 0 Å². The van der Waals surface area contributed by atoms with Crippen molar-refractivity contribution < 1.29 is 28.4 Å². The van der Waals surface area contributed by atoms with Crippen molar-refractivity contribution in [2.45, 2.75) is 6.10 Å². The summed E-state index contributed by atoms with van der Waals surface area (Å²) in [6.45, 7) is 6.76. The Hall–Kier alpha value is -1.22. The Kier molecular flexibility index (Phi) is 12.1. The van der Waals surface area contributed by atoms with E-state index in [1.165, 1.54) is 0 Å². The Bertz CT molecular complexity index is 443. The maximum absolute atomic E-state index is 5.99. The second-order valence-electron chi connectivity index (χ2n) is 6.23. The van der Waals surface area contributed by atoms with E-state index < -0.39 is 0 Å². The van der Waals surface area contributed by atoms with Gasteiger partial charge in [-0.05, 0) is 12.1 Å². The molecular formula is C20H33NO6. The summed E-state index contributed by atoms with van der Waals surface area (Å²) < 4.78 is 33.7. The van der Waals surface area contributed by atoms with Crippen molar-refractivity contribution in [2.24, 2.45) is 0 Å². The first-order valence-corrected chi connectivity index (χ1v) is 9.63. The second-order valence-corrected chi connectivity index (χ2v) is 6.23. The lowest BCUT2D eigenvalue weighted by atomic mass is 10.2. The molecular weight excluding hydrogens is 350 g/mol. The minimum atomic E-state index is -0.0442. The lowest BCUT2D eigenvalue weighted by Crippen LogP contribution is -2.35. The summed E-state index contributed by atoms with van der Waals surface area (Å²) in [5.41, 5.74) is 1.15. The molecule has 1 aromatic carbocycles. The smallest absolute Gasteiger partial charge is 0.0983 e. The lowest BCUT2D eigenvalue weighted by Gasteiger charge is -2.26. The van der Waals surface area contributed by atoms with Crippen molar-refractivity contribution in [1.29, 1.82) is 0 Å². The Morgan fingerprint density at radius 1 is 0.704 bits per heavy atom. The molecule has 0 radical (unpaired) electrons. The number of hydrogen-bond donors (Lipinski definition) is 0. The molecule has 1 aromatic rings. The number of nitrogens with zero attached hydrogens (tertiary/aromatic N) is 1. The Balaban J connectivity index is 1.76. The predicted molar refractivity (Wildman–Crippen MR) is 104 cm³/mol. The summed E-state index contributed by atoms with van der Waals surface area (Å²) in [7, 11) is 2.06. The van der Waals surface area contributed by atoms with Gasteiger partial charge in [0, 0.05) is 19.3 Å². The summed E-state index contributed by atoms with van der Waals surface area (Å²) in [4.78, 5) is 2.17. The van der Waals surface area contributed by atoms with E-state index in [0.717, 1.165) is 12.2 Å². The van der Waals surface area contributed by atoms with Crippen molar-refractivity contribution >= 4 is 5.69 Å². The second kappa shape index (κ2) is 14.8. The molecule has 1 fully saturated rings. The fourth-order valence-electron chi connectivity index (χ4n) is 2.61. The third-order valence-electron chi connectivity index (χ3n) is 4.05. The molecule has 0 bridgehead atoms. The van der Waals surface area contributed by atoms with Crippen molar-refractivity contribution in [1.82, 2.24) is 0 Å². The first-order valence-electron chi connectivity index (χ1n) is 9.63. The Morgan fingerprint density at radius 2 is 1.19 bits per heavy atom. The number of likely N-dealkylation sites (N-methyl/N-ethyl adjacent to an activating group) is 1. The molecule has 27 heavy (non-hydrogen) atoms. The van der Waals surface area contributed by atoms with Gasteiger partial charge >= 0.3 is 0 Å². The molecule has 0 aromatic heterocycles. The first kappa shape index (κ1) is 22.1. The van der Waals surface area contributed by atoms with Gasteiger partial charge in [0.25, 0.3) is 0 Å². The van der Waals surface area contributed by atoms with Gasteiger partial charge in [-0.3, -0.25) is 0 Å². The van der Waals surface area contributed by atoms with E-state index in [-0.39, 0.29) is 6.10 Å². The van der Waals surface area contributed by atoms with Crippen molar-refractivity contribution in [2.75, 3.05) is 91.2 Å². The van der Waals surface area contributed by atoms with E-state index in [9.17, 15) is 0 Å². The highest BCUT2D eigenvalue weighted by molar-refractivity contribution is 5.45. The summed E-state index contributed by atoms with van der Waals surface area (Å²) in [5.74, 6) is 0. The Morgan fingerprint density at radius 3 is 1.74 bits per heavy atom. The van der Waals surface area contributed by atoms with Gasteiger partial charge in [0.15, 0.2) is 0 Å². The van der Waals surface area contributed by atoms with E-state index in [4.69, 9.17) is 28.4 Å². The molecule has 0 spiro atoms. The van der Waals surface area contributed by atoms with Crippen LogP contribution in [0.1, 0.15) is 0 Å². The van der Waals surface area contributed by atoms with E-state index in [0.29, 0.717) is 72.7 Å². The van der Waals surface area contributed by atoms with Gasteiger partial charge in [0.05, 0.1) is 78.8 Å². The van der Waals surface area contributed by atoms with Crippen LogP contribution in [0, 0.1) is 0 Å². The van der Waals surface area contributed by atoms with Crippen LogP contribution in [-0.2, 0) is 28.4 Å². The highest BCUT2D eigenvalue weighted by Gasteiger charge is 2.13. The topological polar surface area (TPSA) is 58.6 Å². The number of para-hydroxylation sites is 1. The van der Waals surface area contributed by atoms with Crippen LogP contribution in [0.4, 0.5) is 5.69 Å². The normalized spacial score (nSPS) is 22.5. The third-order valence-corrected chi connectivity index (χ3v) is 4.05. The number of hydrogen-bond acceptors (Lipinski definition) is 7. The van der Waals surface area contributed by atoms with Gasteiger partial charge in [-0.1, -0.05) is 18.2 Å². The number of anilines is 1. The molecule has 0 N–H and O–H groups in total. The average molecular weight is 383 g/mol. The minimum Gasteiger partial charge on any atom is -0.377 e.